The van der Waals surface area contributed by atoms with Gasteiger partial charge in [-0.3, -0.25) is 0 Å². The molecule has 0 saturated heterocycles. The van der Waals surface area contributed by atoms with Gasteiger partial charge in [0.05, 0.1) is 13.2 Å². The van der Waals surface area contributed by atoms with E-state index in [9.17, 15) is 5.11 Å². The summed E-state index contributed by atoms with van der Waals surface area (Å²) in [6.45, 7) is 0.952. The van der Waals surface area contributed by atoms with Gasteiger partial charge in [0.15, 0.2) is 0 Å². The Labute approximate surface area is 119 Å². The van der Waals surface area contributed by atoms with Crippen LogP contribution in [0.5, 0.6) is 5.75 Å². The van der Waals surface area contributed by atoms with Crippen LogP contribution in [-0.2, 0) is 12.8 Å². The Morgan fingerprint density at radius 1 is 1.20 bits per heavy atom. The van der Waals surface area contributed by atoms with Crippen molar-refractivity contribution in [3.05, 3.63) is 59.2 Å². The molecule has 0 aliphatic carbocycles. The van der Waals surface area contributed by atoms with Crippen molar-refractivity contribution in [2.24, 2.45) is 0 Å². The minimum absolute atomic E-state index is 0.521. The van der Waals surface area contributed by atoms with Crippen molar-refractivity contribution in [2.45, 2.75) is 18.9 Å². The second kappa shape index (κ2) is 5.55. The molecule has 2 aromatic rings. The number of fused-ring (bicyclic) bond motifs is 1. The van der Waals surface area contributed by atoms with Crippen molar-refractivity contribution in [2.75, 3.05) is 19.0 Å². The molecule has 3 rings (SSSR count). The first-order valence-electron chi connectivity index (χ1n) is 6.95. The van der Waals surface area contributed by atoms with E-state index < -0.39 is 6.10 Å². The molecular weight excluding hydrogens is 250 g/mol. The fourth-order valence-electron chi connectivity index (χ4n) is 2.83. The lowest BCUT2D eigenvalue weighted by molar-refractivity contribution is 0.178. The van der Waals surface area contributed by atoms with Gasteiger partial charge in [0.1, 0.15) is 5.75 Å². The minimum Gasteiger partial charge on any atom is -0.496 e. The number of methoxy groups -OCH3 is 1. The molecule has 20 heavy (non-hydrogen) atoms. The SMILES string of the molecule is COc1ccccc1CC(O)c1cccc2c1NCC2. The maximum Gasteiger partial charge on any atom is 0.122 e. The van der Waals surface area contributed by atoms with E-state index in [0.29, 0.717) is 6.42 Å². The molecule has 3 heteroatoms. The van der Waals surface area contributed by atoms with Gasteiger partial charge in [-0.1, -0.05) is 36.4 Å². The van der Waals surface area contributed by atoms with Crippen LogP contribution in [0.25, 0.3) is 0 Å². The minimum atomic E-state index is -0.521. The zero-order valence-corrected chi connectivity index (χ0v) is 11.6. The van der Waals surface area contributed by atoms with Gasteiger partial charge in [0.25, 0.3) is 0 Å². The molecule has 2 N–H and O–H groups in total. The number of ether oxygens (including phenoxy) is 1. The van der Waals surface area contributed by atoms with Crippen LogP contribution in [-0.4, -0.2) is 18.8 Å². The highest BCUT2D eigenvalue weighted by atomic mass is 16.5. The van der Waals surface area contributed by atoms with Crippen LogP contribution in [0, 0.1) is 0 Å². The van der Waals surface area contributed by atoms with E-state index in [1.165, 1.54) is 5.56 Å². The second-order valence-corrected chi connectivity index (χ2v) is 5.09. The quantitative estimate of drug-likeness (QED) is 0.896. The van der Waals surface area contributed by atoms with Crippen LogP contribution in [0.2, 0.25) is 0 Å². The number of para-hydroxylation sites is 2. The van der Waals surface area contributed by atoms with Crippen LogP contribution >= 0.6 is 0 Å². The maximum absolute atomic E-state index is 10.6. The summed E-state index contributed by atoms with van der Waals surface area (Å²) in [5, 5.41) is 13.9. The fraction of sp³-hybridized carbons (Fsp3) is 0.294. The van der Waals surface area contributed by atoms with Crippen molar-refractivity contribution in [3.8, 4) is 5.75 Å². The van der Waals surface area contributed by atoms with Gasteiger partial charge in [-0.15, -0.1) is 0 Å². The van der Waals surface area contributed by atoms with Crippen LogP contribution in [0.3, 0.4) is 0 Å². The summed E-state index contributed by atoms with van der Waals surface area (Å²) in [4.78, 5) is 0. The Morgan fingerprint density at radius 2 is 2.05 bits per heavy atom. The molecule has 0 aromatic heterocycles. The normalized spacial score (nSPS) is 14.5. The van der Waals surface area contributed by atoms with Gasteiger partial charge in [-0.05, 0) is 23.6 Å². The molecule has 2 aromatic carbocycles. The van der Waals surface area contributed by atoms with Gasteiger partial charge >= 0.3 is 0 Å². The lowest BCUT2D eigenvalue weighted by Gasteiger charge is -2.17. The first-order valence-corrected chi connectivity index (χ1v) is 6.95. The molecule has 0 bridgehead atoms. The largest absolute Gasteiger partial charge is 0.496 e. The summed E-state index contributed by atoms with van der Waals surface area (Å²) in [6, 6.07) is 14.0. The van der Waals surface area contributed by atoms with E-state index in [0.717, 1.165) is 35.5 Å². The van der Waals surface area contributed by atoms with Crippen LogP contribution < -0.4 is 10.1 Å². The van der Waals surface area contributed by atoms with Gasteiger partial charge < -0.3 is 15.2 Å². The summed E-state index contributed by atoms with van der Waals surface area (Å²) in [7, 11) is 1.66. The van der Waals surface area contributed by atoms with Gasteiger partial charge in [-0.25, -0.2) is 0 Å². The maximum atomic E-state index is 10.6. The topological polar surface area (TPSA) is 41.5 Å². The summed E-state index contributed by atoms with van der Waals surface area (Å²) >= 11 is 0. The molecule has 0 amide bonds. The van der Waals surface area contributed by atoms with Gasteiger partial charge in [-0.2, -0.15) is 0 Å². The van der Waals surface area contributed by atoms with Crippen molar-refractivity contribution < 1.29 is 9.84 Å². The van der Waals surface area contributed by atoms with E-state index in [2.05, 4.69) is 11.4 Å². The molecule has 0 fully saturated rings. The molecule has 0 spiro atoms. The molecule has 1 atom stereocenters. The monoisotopic (exact) mass is 269 g/mol. The van der Waals surface area contributed by atoms with Crippen LogP contribution in [0.15, 0.2) is 42.5 Å². The zero-order valence-electron chi connectivity index (χ0n) is 11.6. The molecule has 104 valence electrons. The highest BCUT2D eigenvalue weighted by molar-refractivity contribution is 5.62. The first kappa shape index (κ1) is 13.0. The number of hydrogen-bond acceptors (Lipinski definition) is 3. The summed E-state index contributed by atoms with van der Waals surface area (Å²) < 4.78 is 5.35. The molecule has 1 aliphatic heterocycles. The third-order valence-corrected chi connectivity index (χ3v) is 3.84. The van der Waals surface area contributed by atoms with Gasteiger partial charge in [0.2, 0.25) is 0 Å². The smallest absolute Gasteiger partial charge is 0.122 e. The Bertz CT molecular complexity index is 610. The van der Waals surface area contributed by atoms with Crippen molar-refractivity contribution in [3.63, 3.8) is 0 Å². The van der Waals surface area contributed by atoms with E-state index in [1.54, 1.807) is 7.11 Å². The van der Waals surface area contributed by atoms with Crippen molar-refractivity contribution >= 4 is 5.69 Å². The Kier molecular flexibility index (Phi) is 3.61. The highest BCUT2D eigenvalue weighted by Gasteiger charge is 2.19. The van der Waals surface area contributed by atoms with Crippen molar-refractivity contribution in [1.29, 1.82) is 0 Å². The summed E-state index contributed by atoms with van der Waals surface area (Å²) in [6.07, 6.45) is 1.07. The third-order valence-electron chi connectivity index (χ3n) is 3.84. The molecule has 3 nitrogen and oxygen atoms in total. The summed E-state index contributed by atoms with van der Waals surface area (Å²) in [5.41, 5.74) is 4.40. The molecule has 0 saturated carbocycles. The second-order valence-electron chi connectivity index (χ2n) is 5.09. The van der Waals surface area contributed by atoms with Gasteiger partial charge in [0, 0.05) is 24.2 Å². The average molecular weight is 269 g/mol. The lowest BCUT2D eigenvalue weighted by atomic mass is 9.97. The number of rotatable bonds is 4. The number of anilines is 1. The van der Waals surface area contributed by atoms with E-state index >= 15 is 0 Å². The van der Waals surface area contributed by atoms with Crippen LogP contribution in [0.4, 0.5) is 5.69 Å². The molecular formula is C17H19NO2. The number of benzene rings is 2. The first-order chi connectivity index (χ1) is 9.79. The molecule has 1 unspecified atom stereocenters. The van der Waals surface area contributed by atoms with E-state index in [4.69, 9.17) is 4.74 Å². The highest BCUT2D eigenvalue weighted by Crippen LogP contribution is 2.33. The average Bonchev–Trinajstić information content (AvgIpc) is 2.96. The third kappa shape index (κ3) is 2.37. The molecule has 0 radical (unpaired) electrons. The van der Waals surface area contributed by atoms with Crippen LogP contribution in [0.1, 0.15) is 22.8 Å². The molecule has 1 aliphatic rings. The summed E-state index contributed by atoms with van der Waals surface area (Å²) in [5.74, 6) is 0.826. The lowest BCUT2D eigenvalue weighted by Crippen LogP contribution is -2.06. The Balaban J connectivity index is 1.87. The Hall–Kier alpha value is -2.00. The predicted octanol–water partition coefficient (Wildman–Crippen LogP) is 2.94. The fourth-order valence-corrected chi connectivity index (χ4v) is 2.83. The number of aliphatic hydroxyl groups excluding tert-OH is 1. The van der Waals surface area contributed by atoms with E-state index in [1.807, 2.05) is 36.4 Å². The van der Waals surface area contributed by atoms with E-state index in [-0.39, 0.29) is 0 Å². The Morgan fingerprint density at radius 3 is 2.90 bits per heavy atom. The standard InChI is InChI=1S/C17H19NO2/c1-20-16-8-3-2-5-13(16)11-15(19)14-7-4-6-12-9-10-18-17(12)14/h2-8,15,18-19H,9-11H2,1H3. The molecule has 1 heterocycles. The van der Waals surface area contributed by atoms with Crippen molar-refractivity contribution in [1.82, 2.24) is 0 Å². The number of aliphatic hydroxyl groups is 1. The zero-order chi connectivity index (χ0) is 13.9. The number of hydrogen-bond donors (Lipinski definition) is 2. The predicted molar refractivity (Wildman–Crippen MR) is 80.3 cm³/mol. The number of nitrogens with one attached hydrogen (secondary N) is 1.